The third-order valence-corrected chi connectivity index (χ3v) is 3.83. The van der Waals surface area contributed by atoms with Gasteiger partial charge in [-0.25, -0.2) is 0 Å². The van der Waals surface area contributed by atoms with E-state index in [9.17, 15) is 5.11 Å². The largest absolute Gasteiger partial charge is 0.389 e. The molecular weight excluding hydrogens is 257 g/mol. The zero-order chi connectivity index (χ0) is 13.1. The minimum absolute atomic E-state index is 0.0548. The predicted octanol–water partition coefficient (Wildman–Crippen LogP) is 3.81. The van der Waals surface area contributed by atoms with E-state index in [1.165, 1.54) is 0 Å². The first-order valence-corrected chi connectivity index (χ1v) is 6.52. The summed E-state index contributed by atoms with van der Waals surface area (Å²) in [5.41, 5.74) is 0.255. The van der Waals surface area contributed by atoms with Gasteiger partial charge < -0.3 is 10.4 Å². The quantitative estimate of drug-likeness (QED) is 0.857. The summed E-state index contributed by atoms with van der Waals surface area (Å²) in [6.45, 7) is 6.29. The lowest BCUT2D eigenvalue weighted by atomic mass is 10.0. The Labute approximate surface area is 113 Å². The van der Waals surface area contributed by atoms with Crippen LogP contribution in [0.15, 0.2) is 18.2 Å². The fourth-order valence-electron chi connectivity index (χ4n) is 1.46. The Kier molecular flexibility index (Phi) is 5.26. The highest BCUT2D eigenvalue weighted by molar-refractivity contribution is 6.42. The van der Waals surface area contributed by atoms with E-state index >= 15 is 0 Å². The summed E-state index contributed by atoms with van der Waals surface area (Å²) in [6.07, 6.45) is 0.704. The summed E-state index contributed by atoms with van der Waals surface area (Å²) >= 11 is 12.1. The summed E-state index contributed by atoms with van der Waals surface area (Å²) in [4.78, 5) is 0. The minimum atomic E-state index is -0.695. The predicted molar refractivity (Wildman–Crippen MR) is 73.8 cm³/mol. The number of hydrogen-bond acceptors (Lipinski definition) is 2. The lowest BCUT2D eigenvalue weighted by Crippen LogP contribution is -2.38. The van der Waals surface area contributed by atoms with Crippen LogP contribution in [-0.4, -0.2) is 17.3 Å². The van der Waals surface area contributed by atoms with E-state index in [1.54, 1.807) is 6.07 Å². The molecule has 0 aliphatic heterocycles. The van der Waals surface area contributed by atoms with Crippen molar-refractivity contribution in [2.45, 2.75) is 38.8 Å². The van der Waals surface area contributed by atoms with Crippen molar-refractivity contribution in [2.24, 2.45) is 0 Å². The Balaban J connectivity index is 2.71. The average Bonchev–Trinajstić information content (AvgIpc) is 2.30. The summed E-state index contributed by atoms with van der Waals surface area (Å²) < 4.78 is 0. The van der Waals surface area contributed by atoms with Gasteiger partial charge in [0.2, 0.25) is 0 Å². The topological polar surface area (TPSA) is 32.3 Å². The van der Waals surface area contributed by atoms with Crippen LogP contribution in [0.1, 0.15) is 38.8 Å². The Morgan fingerprint density at radius 1 is 1.41 bits per heavy atom. The van der Waals surface area contributed by atoms with Crippen LogP contribution in [0.4, 0.5) is 0 Å². The van der Waals surface area contributed by atoms with Crippen LogP contribution in [0, 0.1) is 0 Å². The molecule has 0 heterocycles. The van der Waals surface area contributed by atoms with E-state index < -0.39 is 5.60 Å². The van der Waals surface area contributed by atoms with E-state index in [2.05, 4.69) is 5.32 Å². The second kappa shape index (κ2) is 6.05. The smallest absolute Gasteiger partial charge is 0.0741 e. The van der Waals surface area contributed by atoms with Crippen molar-refractivity contribution in [3.63, 3.8) is 0 Å². The Morgan fingerprint density at radius 2 is 2.06 bits per heavy atom. The molecule has 0 bridgehead atoms. The molecule has 0 amide bonds. The van der Waals surface area contributed by atoms with Crippen LogP contribution >= 0.6 is 23.2 Å². The Bertz CT molecular complexity index is 380. The monoisotopic (exact) mass is 275 g/mol. The molecule has 4 heteroatoms. The van der Waals surface area contributed by atoms with Crippen molar-refractivity contribution in [1.82, 2.24) is 5.32 Å². The van der Waals surface area contributed by atoms with Gasteiger partial charge in [0, 0.05) is 12.6 Å². The second-order valence-corrected chi connectivity index (χ2v) is 5.38. The molecule has 0 saturated heterocycles. The molecular formula is C13H19Cl2NO. The maximum absolute atomic E-state index is 9.92. The number of rotatable bonds is 5. The van der Waals surface area contributed by atoms with E-state index in [-0.39, 0.29) is 6.04 Å². The molecule has 1 rings (SSSR count). The van der Waals surface area contributed by atoms with Gasteiger partial charge in [-0.15, -0.1) is 0 Å². The van der Waals surface area contributed by atoms with Crippen LogP contribution in [0.3, 0.4) is 0 Å². The van der Waals surface area contributed by atoms with E-state index in [4.69, 9.17) is 23.2 Å². The SMILES string of the molecule is CCC(C)(O)CNC(C)c1cccc(Cl)c1Cl. The molecule has 0 radical (unpaired) electrons. The van der Waals surface area contributed by atoms with Crippen LogP contribution in [-0.2, 0) is 0 Å². The van der Waals surface area contributed by atoms with Crippen molar-refractivity contribution >= 4 is 23.2 Å². The van der Waals surface area contributed by atoms with Crippen molar-refractivity contribution in [2.75, 3.05) is 6.54 Å². The standard InChI is InChI=1S/C13H19Cl2NO/c1-4-13(3,17)8-16-9(2)10-6-5-7-11(14)12(10)15/h5-7,9,16-17H,4,8H2,1-3H3. The normalized spacial score (nSPS) is 16.6. The van der Waals surface area contributed by atoms with Gasteiger partial charge in [0.15, 0.2) is 0 Å². The second-order valence-electron chi connectivity index (χ2n) is 4.60. The van der Waals surface area contributed by atoms with E-state index in [0.29, 0.717) is 23.0 Å². The molecule has 0 fully saturated rings. The van der Waals surface area contributed by atoms with Gasteiger partial charge in [-0.3, -0.25) is 0 Å². The van der Waals surface area contributed by atoms with Gasteiger partial charge in [0.05, 0.1) is 15.6 Å². The van der Waals surface area contributed by atoms with E-state index in [1.807, 2.05) is 32.9 Å². The number of nitrogens with one attached hydrogen (secondary N) is 1. The lowest BCUT2D eigenvalue weighted by Gasteiger charge is -2.25. The van der Waals surface area contributed by atoms with Gasteiger partial charge in [0.25, 0.3) is 0 Å². The lowest BCUT2D eigenvalue weighted by molar-refractivity contribution is 0.0533. The average molecular weight is 276 g/mol. The third-order valence-electron chi connectivity index (χ3n) is 3.00. The molecule has 2 nitrogen and oxygen atoms in total. The van der Waals surface area contributed by atoms with Crippen molar-refractivity contribution < 1.29 is 5.11 Å². The maximum Gasteiger partial charge on any atom is 0.0741 e. The first-order valence-electron chi connectivity index (χ1n) is 5.77. The number of hydrogen-bond donors (Lipinski definition) is 2. The molecule has 0 aromatic heterocycles. The fraction of sp³-hybridized carbons (Fsp3) is 0.538. The molecule has 2 N–H and O–H groups in total. The number of halogens is 2. The highest BCUT2D eigenvalue weighted by Crippen LogP contribution is 2.29. The molecule has 0 aliphatic rings. The molecule has 1 aromatic rings. The van der Waals surface area contributed by atoms with Crippen LogP contribution in [0.5, 0.6) is 0 Å². The van der Waals surface area contributed by atoms with Gasteiger partial charge in [0.1, 0.15) is 0 Å². The minimum Gasteiger partial charge on any atom is -0.389 e. The van der Waals surface area contributed by atoms with Crippen molar-refractivity contribution in [1.29, 1.82) is 0 Å². The summed E-state index contributed by atoms with van der Waals surface area (Å²) in [6, 6.07) is 5.63. The van der Waals surface area contributed by atoms with Gasteiger partial charge in [-0.1, -0.05) is 42.3 Å². The molecule has 17 heavy (non-hydrogen) atoms. The highest BCUT2D eigenvalue weighted by Gasteiger charge is 2.19. The Morgan fingerprint density at radius 3 is 2.65 bits per heavy atom. The summed E-state index contributed by atoms with van der Waals surface area (Å²) in [5.74, 6) is 0. The first kappa shape index (κ1) is 14.8. The maximum atomic E-state index is 9.92. The molecule has 96 valence electrons. The van der Waals surface area contributed by atoms with Crippen LogP contribution in [0.25, 0.3) is 0 Å². The summed E-state index contributed by atoms with van der Waals surface area (Å²) in [5, 5.41) is 14.3. The van der Waals surface area contributed by atoms with Crippen molar-refractivity contribution in [3.05, 3.63) is 33.8 Å². The number of aliphatic hydroxyl groups is 1. The molecule has 2 atom stereocenters. The van der Waals surface area contributed by atoms with Gasteiger partial charge in [-0.05, 0) is 31.9 Å². The van der Waals surface area contributed by atoms with Crippen LogP contribution < -0.4 is 5.32 Å². The molecule has 0 spiro atoms. The molecule has 2 unspecified atom stereocenters. The van der Waals surface area contributed by atoms with Gasteiger partial charge >= 0.3 is 0 Å². The number of benzene rings is 1. The molecule has 1 aromatic carbocycles. The zero-order valence-corrected chi connectivity index (χ0v) is 11.9. The summed E-state index contributed by atoms with van der Waals surface area (Å²) in [7, 11) is 0. The Hall–Kier alpha value is -0.280. The fourth-order valence-corrected chi connectivity index (χ4v) is 1.93. The van der Waals surface area contributed by atoms with Gasteiger partial charge in [-0.2, -0.15) is 0 Å². The van der Waals surface area contributed by atoms with Crippen LogP contribution in [0.2, 0.25) is 10.0 Å². The third kappa shape index (κ3) is 4.14. The molecule has 0 aliphatic carbocycles. The highest BCUT2D eigenvalue weighted by atomic mass is 35.5. The van der Waals surface area contributed by atoms with Crippen molar-refractivity contribution in [3.8, 4) is 0 Å². The molecule has 0 saturated carbocycles. The first-order chi connectivity index (χ1) is 7.87. The zero-order valence-electron chi connectivity index (χ0n) is 10.4. The van der Waals surface area contributed by atoms with E-state index in [0.717, 1.165) is 5.56 Å².